The molecule has 1 aromatic heterocycles. The molecule has 0 fully saturated rings. The number of amides is 1. The SMILES string of the molecule is CCCc1nnsc1C(=O)NC(CC)CCl. The van der Waals surface area contributed by atoms with Crippen LogP contribution < -0.4 is 5.32 Å². The van der Waals surface area contributed by atoms with Gasteiger partial charge in [-0.1, -0.05) is 24.8 Å². The highest BCUT2D eigenvalue weighted by molar-refractivity contribution is 7.08. The van der Waals surface area contributed by atoms with E-state index in [2.05, 4.69) is 21.8 Å². The van der Waals surface area contributed by atoms with Crippen LogP contribution in [0.3, 0.4) is 0 Å². The molecule has 0 aromatic carbocycles. The van der Waals surface area contributed by atoms with Crippen LogP contribution in [0.4, 0.5) is 0 Å². The monoisotopic (exact) mass is 261 g/mol. The predicted octanol–water partition coefficient (Wildman–Crippen LogP) is 2.24. The Bertz CT molecular complexity index is 339. The first-order chi connectivity index (χ1) is 7.72. The van der Waals surface area contributed by atoms with Crippen molar-refractivity contribution in [2.45, 2.75) is 39.2 Å². The van der Waals surface area contributed by atoms with Gasteiger partial charge in [0.05, 0.1) is 5.69 Å². The lowest BCUT2D eigenvalue weighted by atomic mass is 10.2. The normalized spacial score (nSPS) is 12.4. The molecule has 0 spiro atoms. The number of carbonyl (C=O) groups is 1. The molecule has 90 valence electrons. The summed E-state index contributed by atoms with van der Waals surface area (Å²) in [5.41, 5.74) is 0.787. The fourth-order valence-electron chi connectivity index (χ4n) is 1.28. The number of nitrogens with zero attached hydrogens (tertiary/aromatic N) is 2. The summed E-state index contributed by atoms with van der Waals surface area (Å²) in [6.07, 6.45) is 2.57. The van der Waals surface area contributed by atoms with Gasteiger partial charge < -0.3 is 5.32 Å². The van der Waals surface area contributed by atoms with Crippen molar-refractivity contribution in [2.24, 2.45) is 0 Å². The number of halogens is 1. The number of hydrogen-bond donors (Lipinski definition) is 1. The summed E-state index contributed by atoms with van der Waals surface area (Å²) >= 11 is 6.88. The Morgan fingerprint density at radius 1 is 1.56 bits per heavy atom. The molecule has 0 aliphatic heterocycles. The van der Waals surface area contributed by atoms with Crippen molar-refractivity contribution >= 4 is 29.0 Å². The fourth-order valence-corrected chi connectivity index (χ4v) is 2.19. The fraction of sp³-hybridized carbons (Fsp3) is 0.700. The maximum atomic E-state index is 11.9. The van der Waals surface area contributed by atoms with Crippen LogP contribution in [0.25, 0.3) is 0 Å². The summed E-state index contributed by atoms with van der Waals surface area (Å²) in [4.78, 5) is 12.5. The Morgan fingerprint density at radius 3 is 2.88 bits per heavy atom. The first kappa shape index (κ1) is 13.4. The van der Waals surface area contributed by atoms with Gasteiger partial charge >= 0.3 is 0 Å². The van der Waals surface area contributed by atoms with Crippen LogP contribution in [0.1, 0.15) is 42.1 Å². The number of rotatable bonds is 6. The summed E-state index contributed by atoms with van der Waals surface area (Å²) in [5, 5.41) is 6.84. The molecule has 1 atom stereocenters. The molecule has 1 aromatic rings. The van der Waals surface area contributed by atoms with Gasteiger partial charge in [0, 0.05) is 11.9 Å². The Morgan fingerprint density at radius 2 is 2.31 bits per heavy atom. The van der Waals surface area contributed by atoms with Crippen molar-refractivity contribution in [2.75, 3.05) is 5.88 Å². The average molecular weight is 262 g/mol. The highest BCUT2D eigenvalue weighted by atomic mass is 35.5. The zero-order chi connectivity index (χ0) is 12.0. The average Bonchev–Trinajstić information content (AvgIpc) is 2.74. The Labute approximate surface area is 105 Å². The van der Waals surface area contributed by atoms with Gasteiger partial charge in [0.15, 0.2) is 0 Å². The largest absolute Gasteiger partial charge is 0.347 e. The molecule has 6 heteroatoms. The summed E-state index contributed by atoms with van der Waals surface area (Å²) < 4.78 is 3.82. The Hall–Kier alpha value is -0.680. The van der Waals surface area contributed by atoms with Crippen LogP contribution in [-0.4, -0.2) is 27.4 Å². The minimum Gasteiger partial charge on any atom is -0.347 e. The molecule has 1 rings (SSSR count). The van der Waals surface area contributed by atoms with Crippen molar-refractivity contribution in [3.05, 3.63) is 10.6 Å². The van der Waals surface area contributed by atoms with Gasteiger partial charge in [0.25, 0.3) is 5.91 Å². The predicted molar refractivity (Wildman–Crippen MR) is 66.2 cm³/mol. The van der Waals surface area contributed by atoms with Crippen LogP contribution in [0.15, 0.2) is 0 Å². The number of aryl methyl sites for hydroxylation is 1. The van der Waals surface area contributed by atoms with Gasteiger partial charge in [-0.25, -0.2) is 0 Å². The highest BCUT2D eigenvalue weighted by Gasteiger charge is 2.17. The molecule has 16 heavy (non-hydrogen) atoms. The maximum Gasteiger partial charge on any atom is 0.265 e. The summed E-state index contributed by atoms with van der Waals surface area (Å²) in [5.74, 6) is 0.323. The summed E-state index contributed by atoms with van der Waals surface area (Å²) in [6.45, 7) is 4.04. The lowest BCUT2D eigenvalue weighted by Gasteiger charge is -2.12. The molecule has 4 nitrogen and oxygen atoms in total. The third-order valence-electron chi connectivity index (χ3n) is 2.26. The number of aromatic nitrogens is 2. The van der Waals surface area contributed by atoms with E-state index in [0.717, 1.165) is 36.5 Å². The summed E-state index contributed by atoms with van der Waals surface area (Å²) in [7, 11) is 0. The molecular weight excluding hydrogens is 246 g/mol. The topological polar surface area (TPSA) is 54.9 Å². The zero-order valence-corrected chi connectivity index (χ0v) is 11.1. The molecule has 0 radical (unpaired) electrons. The molecule has 1 amide bonds. The van der Waals surface area contributed by atoms with Crippen LogP contribution >= 0.6 is 23.1 Å². The van der Waals surface area contributed by atoms with E-state index in [9.17, 15) is 4.79 Å². The first-order valence-electron chi connectivity index (χ1n) is 5.40. The lowest BCUT2D eigenvalue weighted by Crippen LogP contribution is -2.35. The van der Waals surface area contributed by atoms with Crippen molar-refractivity contribution in [3.63, 3.8) is 0 Å². The Balaban J connectivity index is 2.68. The van der Waals surface area contributed by atoms with Gasteiger partial charge in [-0.05, 0) is 24.4 Å². The van der Waals surface area contributed by atoms with Crippen molar-refractivity contribution in [1.29, 1.82) is 0 Å². The molecule has 0 saturated heterocycles. The summed E-state index contributed by atoms with van der Waals surface area (Å²) in [6, 6.07) is 0.0192. The molecule has 1 heterocycles. The zero-order valence-electron chi connectivity index (χ0n) is 9.49. The molecule has 0 saturated carbocycles. The number of alkyl halides is 1. The van der Waals surface area contributed by atoms with Crippen LogP contribution in [0.2, 0.25) is 0 Å². The van der Waals surface area contributed by atoms with Gasteiger partial charge in [-0.2, -0.15) is 0 Å². The second-order valence-corrected chi connectivity index (χ2v) is 4.59. The third kappa shape index (κ3) is 3.42. The van der Waals surface area contributed by atoms with Crippen molar-refractivity contribution < 1.29 is 4.79 Å². The van der Waals surface area contributed by atoms with E-state index in [4.69, 9.17) is 11.6 Å². The number of nitrogens with one attached hydrogen (secondary N) is 1. The maximum absolute atomic E-state index is 11.9. The standard InChI is InChI=1S/C10H16ClN3OS/c1-3-5-8-9(16-14-13-8)10(15)12-7(4-2)6-11/h7H,3-6H2,1-2H3,(H,12,15). The van der Waals surface area contributed by atoms with Crippen molar-refractivity contribution in [3.8, 4) is 0 Å². The van der Waals surface area contributed by atoms with E-state index in [1.165, 1.54) is 0 Å². The molecule has 1 N–H and O–H groups in total. The van der Waals surface area contributed by atoms with Crippen LogP contribution in [-0.2, 0) is 6.42 Å². The van der Waals surface area contributed by atoms with Gasteiger partial charge in [-0.3, -0.25) is 4.79 Å². The molecule has 0 aliphatic carbocycles. The smallest absolute Gasteiger partial charge is 0.265 e. The van der Waals surface area contributed by atoms with E-state index in [1.807, 2.05) is 6.92 Å². The third-order valence-corrected chi connectivity index (χ3v) is 3.40. The number of hydrogen-bond acceptors (Lipinski definition) is 4. The van der Waals surface area contributed by atoms with Gasteiger partial charge in [0.1, 0.15) is 4.88 Å². The molecule has 0 bridgehead atoms. The van der Waals surface area contributed by atoms with Crippen LogP contribution in [0, 0.1) is 0 Å². The molecule has 1 unspecified atom stereocenters. The molecular formula is C10H16ClN3OS. The first-order valence-corrected chi connectivity index (χ1v) is 6.71. The lowest BCUT2D eigenvalue weighted by molar-refractivity contribution is 0.0942. The van der Waals surface area contributed by atoms with E-state index in [1.54, 1.807) is 0 Å². The Kier molecular flexibility index (Phi) is 5.69. The van der Waals surface area contributed by atoms with E-state index in [0.29, 0.717) is 10.8 Å². The van der Waals surface area contributed by atoms with Crippen LogP contribution in [0.5, 0.6) is 0 Å². The molecule has 0 aliphatic rings. The van der Waals surface area contributed by atoms with Gasteiger partial charge in [-0.15, -0.1) is 16.7 Å². The second-order valence-electron chi connectivity index (χ2n) is 3.53. The highest BCUT2D eigenvalue weighted by Crippen LogP contribution is 2.13. The van der Waals surface area contributed by atoms with E-state index < -0.39 is 0 Å². The second kappa shape index (κ2) is 6.81. The minimum atomic E-state index is -0.106. The van der Waals surface area contributed by atoms with Gasteiger partial charge in [0.2, 0.25) is 0 Å². The number of carbonyl (C=O) groups excluding carboxylic acids is 1. The quantitative estimate of drug-likeness (QED) is 0.799. The minimum absolute atomic E-state index is 0.0192. The van der Waals surface area contributed by atoms with Crippen molar-refractivity contribution in [1.82, 2.24) is 14.9 Å². The van der Waals surface area contributed by atoms with E-state index in [-0.39, 0.29) is 11.9 Å². The van der Waals surface area contributed by atoms with E-state index >= 15 is 0 Å².